The average Bonchev–Trinajstić information content (AvgIpc) is 2.50. The van der Waals surface area contributed by atoms with Crippen LogP contribution in [0.25, 0.3) is 0 Å². The van der Waals surface area contributed by atoms with Gasteiger partial charge in [-0.25, -0.2) is 0 Å². The Morgan fingerprint density at radius 2 is 2.38 bits per heavy atom. The van der Waals surface area contributed by atoms with E-state index in [1.165, 1.54) is 21.8 Å². The van der Waals surface area contributed by atoms with Crippen molar-refractivity contribution in [3.8, 4) is 0 Å². The zero-order chi connectivity index (χ0) is 9.26. The number of fused-ring (bicyclic) bond motifs is 1. The summed E-state index contributed by atoms with van der Waals surface area (Å²) in [5, 5.41) is 0. The second kappa shape index (κ2) is 3.72. The smallest absolute Gasteiger partial charge is 0.0140 e. The molecule has 2 rings (SSSR count). The van der Waals surface area contributed by atoms with Gasteiger partial charge in [-0.05, 0) is 30.0 Å². The van der Waals surface area contributed by atoms with E-state index >= 15 is 0 Å². The summed E-state index contributed by atoms with van der Waals surface area (Å²) in [6.45, 7) is 3.05. The van der Waals surface area contributed by atoms with Crippen LogP contribution >= 0.6 is 11.8 Å². The van der Waals surface area contributed by atoms with Crippen molar-refractivity contribution in [3.63, 3.8) is 0 Å². The molecule has 0 saturated carbocycles. The molecule has 2 N–H and O–H groups in total. The lowest BCUT2D eigenvalue weighted by Gasteiger charge is -2.07. The minimum atomic E-state index is 0.720. The van der Waals surface area contributed by atoms with Crippen molar-refractivity contribution < 1.29 is 0 Å². The van der Waals surface area contributed by atoms with Gasteiger partial charge in [-0.1, -0.05) is 25.1 Å². The first-order valence-corrected chi connectivity index (χ1v) is 5.76. The summed E-state index contributed by atoms with van der Waals surface area (Å²) in [6, 6.07) is 6.61. The van der Waals surface area contributed by atoms with Crippen LogP contribution in [0.5, 0.6) is 0 Å². The third-order valence-electron chi connectivity index (χ3n) is 2.55. The molecule has 0 aliphatic carbocycles. The fourth-order valence-corrected chi connectivity index (χ4v) is 3.21. The van der Waals surface area contributed by atoms with E-state index in [0.29, 0.717) is 0 Å². The standard InChI is InChI=1S/C11H15NS/c1-8-7-13-11-9(5-6-12)3-2-4-10(8)11/h2-4,8H,5-7,12H2,1H3. The molecule has 70 valence electrons. The highest BCUT2D eigenvalue weighted by Crippen LogP contribution is 2.41. The SMILES string of the molecule is CC1CSc2c(CCN)cccc21. The van der Waals surface area contributed by atoms with Crippen LogP contribution in [0.2, 0.25) is 0 Å². The van der Waals surface area contributed by atoms with Gasteiger partial charge in [0.15, 0.2) is 0 Å². The van der Waals surface area contributed by atoms with Crippen LogP contribution in [-0.4, -0.2) is 12.3 Å². The van der Waals surface area contributed by atoms with Gasteiger partial charge >= 0.3 is 0 Å². The number of thioether (sulfide) groups is 1. The van der Waals surface area contributed by atoms with Gasteiger partial charge in [0.25, 0.3) is 0 Å². The number of benzene rings is 1. The largest absolute Gasteiger partial charge is 0.330 e. The minimum Gasteiger partial charge on any atom is -0.330 e. The molecule has 0 aromatic heterocycles. The van der Waals surface area contributed by atoms with Gasteiger partial charge in [-0.15, -0.1) is 11.8 Å². The highest BCUT2D eigenvalue weighted by Gasteiger charge is 2.20. The zero-order valence-corrected chi connectivity index (χ0v) is 8.73. The molecule has 1 aliphatic rings. The lowest BCUT2D eigenvalue weighted by Crippen LogP contribution is -2.03. The monoisotopic (exact) mass is 193 g/mol. The molecule has 0 radical (unpaired) electrons. The second-order valence-electron chi connectivity index (χ2n) is 3.59. The topological polar surface area (TPSA) is 26.0 Å². The van der Waals surface area contributed by atoms with Crippen LogP contribution < -0.4 is 5.73 Å². The van der Waals surface area contributed by atoms with Crippen molar-refractivity contribution in [1.82, 2.24) is 0 Å². The summed E-state index contributed by atoms with van der Waals surface area (Å²) in [5.74, 6) is 1.95. The molecule has 1 heterocycles. The van der Waals surface area contributed by atoms with E-state index in [4.69, 9.17) is 5.73 Å². The fourth-order valence-electron chi connectivity index (χ4n) is 1.82. The fraction of sp³-hybridized carbons (Fsp3) is 0.455. The Balaban J connectivity index is 2.38. The van der Waals surface area contributed by atoms with Gasteiger partial charge in [0, 0.05) is 10.6 Å². The maximum absolute atomic E-state index is 5.58. The Labute approximate surface area is 83.7 Å². The number of hydrogen-bond acceptors (Lipinski definition) is 2. The van der Waals surface area contributed by atoms with Crippen molar-refractivity contribution >= 4 is 11.8 Å². The van der Waals surface area contributed by atoms with E-state index < -0.39 is 0 Å². The van der Waals surface area contributed by atoms with Gasteiger partial charge in [0.05, 0.1) is 0 Å². The molecule has 1 unspecified atom stereocenters. The molecule has 1 aliphatic heterocycles. The van der Waals surface area contributed by atoms with Gasteiger partial charge in [0.1, 0.15) is 0 Å². The first-order valence-electron chi connectivity index (χ1n) is 4.77. The molecule has 2 heteroatoms. The molecular weight excluding hydrogens is 178 g/mol. The van der Waals surface area contributed by atoms with Crippen LogP contribution in [-0.2, 0) is 6.42 Å². The molecule has 13 heavy (non-hydrogen) atoms. The molecular formula is C11H15NS. The third kappa shape index (κ3) is 1.61. The first-order chi connectivity index (χ1) is 6.33. The molecule has 0 amide bonds. The Morgan fingerprint density at radius 3 is 3.15 bits per heavy atom. The summed E-state index contributed by atoms with van der Waals surface area (Å²) in [7, 11) is 0. The van der Waals surface area contributed by atoms with Gasteiger partial charge < -0.3 is 5.73 Å². The van der Waals surface area contributed by atoms with E-state index in [1.807, 2.05) is 11.8 Å². The highest BCUT2D eigenvalue weighted by atomic mass is 32.2. The Bertz CT molecular complexity index is 309. The Hall–Kier alpha value is -0.470. The highest BCUT2D eigenvalue weighted by molar-refractivity contribution is 7.99. The lowest BCUT2D eigenvalue weighted by atomic mass is 10.00. The van der Waals surface area contributed by atoms with Crippen LogP contribution in [0.15, 0.2) is 23.1 Å². The van der Waals surface area contributed by atoms with Crippen LogP contribution in [0.4, 0.5) is 0 Å². The van der Waals surface area contributed by atoms with Crippen molar-refractivity contribution in [3.05, 3.63) is 29.3 Å². The van der Waals surface area contributed by atoms with Crippen molar-refractivity contribution in [2.24, 2.45) is 5.73 Å². The molecule has 1 nitrogen and oxygen atoms in total. The maximum Gasteiger partial charge on any atom is 0.0140 e. The molecule has 1 aromatic rings. The number of nitrogens with two attached hydrogens (primary N) is 1. The van der Waals surface area contributed by atoms with Crippen molar-refractivity contribution in [2.75, 3.05) is 12.3 Å². The summed E-state index contributed by atoms with van der Waals surface area (Å²) in [5.41, 5.74) is 8.54. The molecule has 0 fully saturated rings. The van der Waals surface area contributed by atoms with Gasteiger partial charge in [-0.3, -0.25) is 0 Å². The molecule has 1 aromatic carbocycles. The first kappa shape index (κ1) is 9.10. The van der Waals surface area contributed by atoms with E-state index in [9.17, 15) is 0 Å². The Morgan fingerprint density at radius 1 is 1.54 bits per heavy atom. The van der Waals surface area contributed by atoms with E-state index in [-0.39, 0.29) is 0 Å². The molecule has 0 spiro atoms. The Kier molecular flexibility index (Phi) is 2.61. The van der Waals surface area contributed by atoms with Crippen molar-refractivity contribution in [2.45, 2.75) is 24.2 Å². The average molecular weight is 193 g/mol. The molecule has 0 saturated heterocycles. The predicted octanol–water partition coefficient (Wildman–Crippen LogP) is 2.40. The third-order valence-corrected chi connectivity index (χ3v) is 4.00. The number of hydrogen-bond donors (Lipinski definition) is 1. The van der Waals surface area contributed by atoms with Crippen molar-refractivity contribution in [1.29, 1.82) is 0 Å². The normalized spacial score (nSPS) is 20.3. The lowest BCUT2D eigenvalue weighted by molar-refractivity contribution is 0.864. The summed E-state index contributed by atoms with van der Waals surface area (Å²) < 4.78 is 0. The van der Waals surface area contributed by atoms with Gasteiger partial charge in [-0.2, -0.15) is 0 Å². The van der Waals surface area contributed by atoms with E-state index in [1.54, 1.807) is 0 Å². The van der Waals surface area contributed by atoms with E-state index in [0.717, 1.165) is 18.9 Å². The second-order valence-corrected chi connectivity index (χ2v) is 4.62. The molecule has 0 bridgehead atoms. The van der Waals surface area contributed by atoms with Crippen LogP contribution in [0.3, 0.4) is 0 Å². The minimum absolute atomic E-state index is 0.720. The molecule has 1 atom stereocenters. The number of rotatable bonds is 2. The van der Waals surface area contributed by atoms with Crippen LogP contribution in [0.1, 0.15) is 24.0 Å². The summed E-state index contributed by atoms with van der Waals surface area (Å²) in [4.78, 5) is 1.50. The maximum atomic E-state index is 5.58. The zero-order valence-electron chi connectivity index (χ0n) is 7.92. The summed E-state index contributed by atoms with van der Waals surface area (Å²) in [6.07, 6.45) is 1.02. The summed E-state index contributed by atoms with van der Waals surface area (Å²) >= 11 is 1.99. The van der Waals surface area contributed by atoms with Crippen LogP contribution in [0, 0.1) is 0 Å². The predicted molar refractivity (Wildman–Crippen MR) is 58.3 cm³/mol. The van der Waals surface area contributed by atoms with E-state index in [2.05, 4.69) is 25.1 Å². The quantitative estimate of drug-likeness (QED) is 0.780. The van der Waals surface area contributed by atoms with Gasteiger partial charge in [0.2, 0.25) is 0 Å².